The number of amides is 1. The Balaban J connectivity index is 2.09. The minimum absolute atomic E-state index is 0.0284. The van der Waals surface area contributed by atoms with Crippen molar-refractivity contribution in [3.05, 3.63) is 23.5 Å². The lowest BCUT2D eigenvalue weighted by Gasteiger charge is -2.43. The summed E-state index contributed by atoms with van der Waals surface area (Å²) in [6.07, 6.45) is 4.39. The Morgan fingerprint density at radius 2 is 1.83 bits per heavy atom. The van der Waals surface area contributed by atoms with E-state index in [9.17, 15) is 4.79 Å². The van der Waals surface area contributed by atoms with E-state index < -0.39 is 0 Å². The molecule has 4 heteroatoms. The van der Waals surface area contributed by atoms with E-state index in [0.29, 0.717) is 0 Å². The van der Waals surface area contributed by atoms with Crippen LogP contribution in [0, 0.1) is 5.41 Å². The average molecular weight is 332 g/mol. The first-order valence-electron chi connectivity index (χ1n) is 9.12. The number of hydrogen-bond donors (Lipinski definition) is 0. The van der Waals surface area contributed by atoms with Gasteiger partial charge in [0.25, 0.3) is 5.91 Å². The fraction of sp³-hybridized carbons (Fsp3) is 0.750. The minimum Gasteiger partial charge on any atom is -0.381 e. The third-order valence-electron chi connectivity index (χ3n) is 5.44. The van der Waals surface area contributed by atoms with Gasteiger partial charge in [-0.3, -0.25) is 4.79 Å². The molecule has 2 aliphatic heterocycles. The molecule has 134 valence electrons. The molecule has 1 fully saturated rings. The number of carbonyl (C=O) groups is 1. The predicted octanol–water partition coefficient (Wildman–Crippen LogP) is 3.84. The van der Waals surface area contributed by atoms with Crippen molar-refractivity contribution < 1.29 is 9.53 Å². The Morgan fingerprint density at radius 1 is 1.12 bits per heavy atom. The first-order valence-corrected chi connectivity index (χ1v) is 9.12. The molecule has 2 aliphatic rings. The molecule has 3 rings (SSSR count). The van der Waals surface area contributed by atoms with E-state index in [1.54, 1.807) is 0 Å². The maximum Gasteiger partial charge on any atom is 0.270 e. The molecular formula is C20H32N2O2. The fourth-order valence-corrected chi connectivity index (χ4v) is 3.89. The zero-order valence-corrected chi connectivity index (χ0v) is 16.1. The lowest BCUT2D eigenvalue weighted by atomic mass is 9.81. The summed E-state index contributed by atoms with van der Waals surface area (Å²) in [5.74, 6) is 0.153. The van der Waals surface area contributed by atoms with Gasteiger partial charge in [-0.15, -0.1) is 0 Å². The van der Waals surface area contributed by atoms with Crippen molar-refractivity contribution in [2.45, 2.75) is 71.9 Å². The minimum atomic E-state index is -0.192. The highest BCUT2D eigenvalue weighted by Gasteiger charge is 2.44. The Hall–Kier alpha value is -1.29. The van der Waals surface area contributed by atoms with Gasteiger partial charge in [0.05, 0.1) is 6.61 Å². The van der Waals surface area contributed by atoms with E-state index in [4.69, 9.17) is 4.74 Å². The monoisotopic (exact) mass is 332 g/mol. The van der Waals surface area contributed by atoms with Gasteiger partial charge in [-0.1, -0.05) is 20.8 Å². The number of carbonyl (C=O) groups excluding carboxylic acids is 1. The summed E-state index contributed by atoms with van der Waals surface area (Å²) >= 11 is 0. The van der Waals surface area contributed by atoms with Gasteiger partial charge in [0.15, 0.2) is 0 Å². The maximum absolute atomic E-state index is 13.3. The van der Waals surface area contributed by atoms with Crippen LogP contribution >= 0.6 is 0 Å². The van der Waals surface area contributed by atoms with Crippen LogP contribution in [-0.2, 0) is 16.7 Å². The summed E-state index contributed by atoms with van der Waals surface area (Å²) in [5.41, 5.74) is 1.94. The number of hydrogen-bond acceptors (Lipinski definition) is 2. The highest BCUT2D eigenvalue weighted by molar-refractivity contribution is 5.94. The Bertz CT molecular complexity index is 625. The third kappa shape index (κ3) is 3.13. The molecule has 1 unspecified atom stereocenters. The van der Waals surface area contributed by atoms with Gasteiger partial charge in [-0.05, 0) is 50.7 Å². The standard InChI is InChI=1S/C20H32N2O2/c1-18(2,3)15-10-16-17(23)22(19(4,5)6)13-20(12-21(16)11-15)8-7-9-24-14-20/h10-11H,7-9,12-14H2,1-6H3. The molecule has 0 N–H and O–H groups in total. The van der Waals surface area contributed by atoms with Crippen LogP contribution in [-0.4, -0.2) is 40.7 Å². The summed E-state index contributed by atoms with van der Waals surface area (Å²) in [6, 6.07) is 2.10. The van der Waals surface area contributed by atoms with Crippen LogP contribution in [0.4, 0.5) is 0 Å². The van der Waals surface area contributed by atoms with E-state index in [0.717, 1.165) is 44.8 Å². The van der Waals surface area contributed by atoms with Crippen LogP contribution in [0.15, 0.2) is 12.3 Å². The van der Waals surface area contributed by atoms with Crippen LogP contribution in [0.25, 0.3) is 0 Å². The molecule has 1 aromatic heterocycles. The summed E-state index contributed by atoms with van der Waals surface area (Å²) in [5, 5.41) is 0. The van der Waals surface area contributed by atoms with Crippen molar-refractivity contribution in [3.8, 4) is 0 Å². The van der Waals surface area contributed by atoms with Crippen molar-refractivity contribution in [2.24, 2.45) is 5.41 Å². The predicted molar refractivity (Wildman–Crippen MR) is 96.4 cm³/mol. The largest absolute Gasteiger partial charge is 0.381 e. The molecule has 0 radical (unpaired) electrons. The van der Waals surface area contributed by atoms with Gasteiger partial charge < -0.3 is 14.2 Å². The number of rotatable bonds is 0. The van der Waals surface area contributed by atoms with Gasteiger partial charge in [0.1, 0.15) is 5.69 Å². The van der Waals surface area contributed by atoms with E-state index >= 15 is 0 Å². The highest BCUT2D eigenvalue weighted by atomic mass is 16.5. The van der Waals surface area contributed by atoms with Gasteiger partial charge in [-0.2, -0.15) is 0 Å². The molecule has 0 aromatic carbocycles. The summed E-state index contributed by atoms with van der Waals surface area (Å²) in [6.45, 7) is 16.2. The van der Waals surface area contributed by atoms with Crippen molar-refractivity contribution >= 4 is 5.91 Å². The maximum atomic E-state index is 13.3. The number of fused-ring (bicyclic) bond motifs is 1. The molecule has 0 saturated carbocycles. The van der Waals surface area contributed by atoms with Crippen molar-refractivity contribution in [1.82, 2.24) is 9.47 Å². The van der Waals surface area contributed by atoms with E-state index in [1.807, 2.05) is 0 Å². The van der Waals surface area contributed by atoms with Crippen molar-refractivity contribution in [2.75, 3.05) is 19.8 Å². The number of aromatic nitrogens is 1. The summed E-state index contributed by atoms with van der Waals surface area (Å²) < 4.78 is 8.05. The van der Waals surface area contributed by atoms with E-state index in [1.165, 1.54) is 5.56 Å². The second kappa shape index (κ2) is 5.62. The molecule has 1 amide bonds. The summed E-state index contributed by atoms with van der Waals surface area (Å²) in [7, 11) is 0. The SMILES string of the molecule is CC(C)(C)c1cc2n(c1)CC1(CCCOC1)CN(C(C)(C)C)C2=O. The summed E-state index contributed by atoms with van der Waals surface area (Å²) in [4.78, 5) is 15.4. The van der Waals surface area contributed by atoms with E-state index in [2.05, 4.69) is 63.3 Å². The molecule has 3 heterocycles. The van der Waals surface area contributed by atoms with Crippen LogP contribution in [0.5, 0.6) is 0 Å². The molecule has 1 atom stereocenters. The number of nitrogens with zero attached hydrogens (tertiary/aromatic N) is 2. The Kier molecular flexibility index (Phi) is 4.10. The molecular weight excluding hydrogens is 300 g/mol. The van der Waals surface area contributed by atoms with Gasteiger partial charge in [0.2, 0.25) is 0 Å². The molecule has 0 bridgehead atoms. The molecule has 4 nitrogen and oxygen atoms in total. The molecule has 24 heavy (non-hydrogen) atoms. The average Bonchev–Trinajstić information content (AvgIpc) is 2.83. The fourth-order valence-electron chi connectivity index (χ4n) is 3.89. The zero-order valence-electron chi connectivity index (χ0n) is 16.1. The number of ether oxygens (including phenoxy) is 1. The first-order chi connectivity index (χ1) is 11.0. The lowest BCUT2D eigenvalue weighted by molar-refractivity contribution is -0.0392. The molecule has 0 aliphatic carbocycles. The highest BCUT2D eigenvalue weighted by Crippen LogP contribution is 2.38. The van der Waals surface area contributed by atoms with Crippen LogP contribution < -0.4 is 0 Å². The second-order valence-corrected chi connectivity index (χ2v) is 9.71. The third-order valence-corrected chi connectivity index (χ3v) is 5.44. The molecule has 1 spiro atoms. The van der Waals surface area contributed by atoms with Crippen LogP contribution in [0.3, 0.4) is 0 Å². The molecule has 1 aromatic rings. The van der Waals surface area contributed by atoms with Crippen LogP contribution in [0.1, 0.15) is 70.4 Å². The van der Waals surface area contributed by atoms with Gasteiger partial charge >= 0.3 is 0 Å². The second-order valence-electron chi connectivity index (χ2n) is 9.71. The Labute approximate surface area is 146 Å². The van der Waals surface area contributed by atoms with E-state index in [-0.39, 0.29) is 22.3 Å². The smallest absolute Gasteiger partial charge is 0.270 e. The zero-order chi connectivity index (χ0) is 17.8. The first kappa shape index (κ1) is 17.5. The quantitative estimate of drug-likeness (QED) is 0.723. The van der Waals surface area contributed by atoms with Crippen LogP contribution in [0.2, 0.25) is 0 Å². The normalized spacial score (nSPS) is 25.8. The Morgan fingerprint density at radius 3 is 2.38 bits per heavy atom. The van der Waals surface area contributed by atoms with Gasteiger partial charge in [0, 0.05) is 36.8 Å². The van der Waals surface area contributed by atoms with Crippen molar-refractivity contribution in [1.29, 1.82) is 0 Å². The van der Waals surface area contributed by atoms with Gasteiger partial charge in [-0.25, -0.2) is 0 Å². The lowest BCUT2D eigenvalue weighted by Crippen LogP contribution is -2.52. The molecule has 1 saturated heterocycles. The topological polar surface area (TPSA) is 34.5 Å². The van der Waals surface area contributed by atoms with Crippen molar-refractivity contribution in [3.63, 3.8) is 0 Å².